The van der Waals surface area contributed by atoms with Crippen LogP contribution in [0.5, 0.6) is 0 Å². The summed E-state index contributed by atoms with van der Waals surface area (Å²) >= 11 is 1.26. The second-order valence-corrected chi connectivity index (χ2v) is 7.35. The molecule has 2 aromatic heterocycles. The topological polar surface area (TPSA) is 71.1 Å². The average Bonchev–Trinajstić information content (AvgIpc) is 2.85. The van der Waals surface area contributed by atoms with E-state index in [1.165, 1.54) is 11.3 Å². The first kappa shape index (κ1) is 15.0. The summed E-state index contributed by atoms with van der Waals surface area (Å²) in [5.74, 6) is 0.339. The van der Waals surface area contributed by atoms with Crippen LogP contribution in [0.3, 0.4) is 0 Å². The van der Waals surface area contributed by atoms with E-state index in [4.69, 9.17) is 0 Å². The Hall–Kier alpha value is -1.44. The zero-order chi connectivity index (χ0) is 14.6. The molecule has 0 saturated carbocycles. The number of nitrogens with zero attached hydrogens (tertiary/aromatic N) is 1. The van der Waals surface area contributed by atoms with Crippen molar-refractivity contribution in [1.82, 2.24) is 10.3 Å². The lowest BCUT2D eigenvalue weighted by Gasteiger charge is -2.05. The third-order valence-electron chi connectivity index (χ3n) is 2.58. The number of nitrogens with one attached hydrogen (secondary N) is 2. The SMILES string of the molecule is CCNCc1ccc(S(=O)(=O)Nc2cccc(C)n2)s1. The van der Waals surface area contributed by atoms with Crippen molar-refractivity contribution in [2.45, 2.75) is 24.6 Å². The van der Waals surface area contributed by atoms with E-state index in [1.807, 2.05) is 26.0 Å². The Morgan fingerprint density at radius 1 is 1.25 bits per heavy atom. The molecule has 0 aliphatic rings. The van der Waals surface area contributed by atoms with E-state index in [1.54, 1.807) is 18.2 Å². The van der Waals surface area contributed by atoms with Gasteiger partial charge in [0.15, 0.2) is 0 Å². The van der Waals surface area contributed by atoms with Crippen molar-refractivity contribution in [3.63, 3.8) is 0 Å². The Balaban J connectivity index is 2.16. The van der Waals surface area contributed by atoms with Gasteiger partial charge < -0.3 is 5.32 Å². The van der Waals surface area contributed by atoms with E-state index in [0.717, 1.165) is 17.1 Å². The lowest BCUT2D eigenvalue weighted by Crippen LogP contribution is -2.13. The van der Waals surface area contributed by atoms with Crippen LogP contribution in [0.2, 0.25) is 0 Å². The average molecular weight is 311 g/mol. The molecule has 0 aromatic carbocycles. The van der Waals surface area contributed by atoms with Crippen molar-refractivity contribution >= 4 is 27.2 Å². The molecule has 0 amide bonds. The van der Waals surface area contributed by atoms with Crippen molar-refractivity contribution in [1.29, 1.82) is 0 Å². The third-order valence-corrected chi connectivity index (χ3v) is 5.51. The first-order valence-electron chi connectivity index (χ1n) is 6.27. The summed E-state index contributed by atoms with van der Waals surface area (Å²) < 4.78 is 27.3. The molecule has 20 heavy (non-hydrogen) atoms. The van der Waals surface area contributed by atoms with Gasteiger partial charge in [-0.15, -0.1) is 11.3 Å². The van der Waals surface area contributed by atoms with Gasteiger partial charge in [-0.25, -0.2) is 13.4 Å². The number of sulfonamides is 1. The summed E-state index contributed by atoms with van der Waals surface area (Å²) in [5, 5.41) is 3.17. The summed E-state index contributed by atoms with van der Waals surface area (Å²) in [7, 11) is -3.56. The van der Waals surface area contributed by atoms with Gasteiger partial charge in [-0.05, 0) is 37.7 Å². The van der Waals surface area contributed by atoms with Crippen LogP contribution in [-0.2, 0) is 16.6 Å². The largest absolute Gasteiger partial charge is 0.312 e. The number of hydrogen-bond donors (Lipinski definition) is 2. The molecule has 2 N–H and O–H groups in total. The highest BCUT2D eigenvalue weighted by Gasteiger charge is 2.17. The number of thiophene rings is 1. The maximum absolute atomic E-state index is 12.2. The van der Waals surface area contributed by atoms with Gasteiger partial charge in [0, 0.05) is 17.1 Å². The lowest BCUT2D eigenvalue weighted by molar-refractivity contribution is 0.603. The molecule has 0 unspecified atom stereocenters. The Labute approximate surface area is 123 Å². The van der Waals surface area contributed by atoms with Gasteiger partial charge >= 0.3 is 0 Å². The molecule has 0 fully saturated rings. The van der Waals surface area contributed by atoms with Gasteiger partial charge in [0.2, 0.25) is 0 Å². The van der Waals surface area contributed by atoms with Crippen molar-refractivity contribution in [3.8, 4) is 0 Å². The van der Waals surface area contributed by atoms with Crippen LogP contribution < -0.4 is 10.0 Å². The number of hydrogen-bond acceptors (Lipinski definition) is 5. The molecule has 2 aromatic rings. The normalized spacial score (nSPS) is 11.5. The zero-order valence-corrected chi connectivity index (χ0v) is 13.0. The molecule has 7 heteroatoms. The molecule has 0 saturated heterocycles. The number of aromatic nitrogens is 1. The van der Waals surface area contributed by atoms with E-state index in [0.29, 0.717) is 16.6 Å². The van der Waals surface area contributed by atoms with Crippen LogP contribution in [0.15, 0.2) is 34.5 Å². The molecular formula is C13H17N3O2S2. The van der Waals surface area contributed by atoms with E-state index in [9.17, 15) is 8.42 Å². The first-order chi connectivity index (χ1) is 9.51. The van der Waals surface area contributed by atoms with Gasteiger partial charge in [0.25, 0.3) is 10.0 Å². The standard InChI is InChI=1S/C13H17N3O2S2/c1-3-14-9-11-7-8-13(19-11)20(17,18)16-12-6-4-5-10(2)15-12/h4-8,14H,3,9H2,1-2H3,(H,15,16). The van der Waals surface area contributed by atoms with Crippen LogP contribution in [-0.4, -0.2) is 19.9 Å². The molecule has 2 rings (SSSR count). The minimum absolute atomic E-state index is 0.300. The summed E-state index contributed by atoms with van der Waals surface area (Å²) in [6.07, 6.45) is 0. The van der Waals surface area contributed by atoms with Gasteiger partial charge in [0.1, 0.15) is 10.0 Å². The van der Waals surface area contributed by atoms with E-state index >= 15 is 0 Å². The van der Waals surface area contributed by atoms with E-state index < -0.39 is 10.0 Å². The first-order valence-corrected chi connectivity index (χ1v) is 8.57. The minimum Gasteiger partial charge on any atom is -0.312 e. The maximum Gasteiger partial charge on any atom is 0.272 e. The Morgan fingerprint density at radius 3 is 2.75 bits per heavy atom. The van der Waals surface area contributed by atoms with E-state index in [-0.39, 0.29) is 0 Å². The fourth-order valence-electron chi connectivity index (χ4n) is 1.63. The highest BCUT2D eigenvalue weighted by atomic mass is 32.2. The van der Waals surface area contributed by atoms with E-state index in [2.05, 4.69) is 15.0 Å². The van der Waals surface area contributed by atoms with Crippen molar-refractivity contribution in [3.05, 3.63) is 40.9 Å². The highest BCUT2D eigenvalue weighted by Crippen LogP contribution is 2.23. The fraction of sp³-hybridized carbons (Fsp3) is 0.308. The Bertz CT molecular complexity index is 680. The smallest absolute Gasteiger partial charge is 0.272 e. The second-order valence-electron chi connectivity index (χ2n) is 4.27. The number of rotatable bonds is 6. The number of aryl methyl sites for hydroxylation is 1. The van der Waals surface area contributed by atoms with Crippen LogP contribution in [0, 0.1) is 6.92 Å². The molecule has 0 atom stereocenters. The molecule has 0 spiro atoms. The van der Waals surface area contributed by atoms with Gasteiger partial charge in [0.05, 0.1) is 0 Å². The second kappa shape index (κ2) is 6.34. The summed E-state index contributed by atoms with van der Waals surface area (Å²) in [5.41, 5.74) is 0.768. The van der Waals surface area contributed by atoms with Crippen LogP contribution in [0.4, 0.5) is 5.82 Å². The van der Waals surface area contributed by atoms with Gasteiger partial charge in [-0.2, -0.15) is 0 Å². The highest BCUT2D eigenvalue weighted by molar-refractivity contribution is 7.94. The molecule has 108 valence electrons. The molecule has 0 aliphatic carbocycles. The van der Waals surface area contributed by atoms with Crippen LogP contribution in [0.1, 0.15) is 17.5 Å². The van der Waals surface area contributed by atoms with Crippen molar-refractivity contribution in [2.75, 3.05) is 11.3 Å². The Morgan fingerprint density at radius 2 is 2.05 bits per heavy atom. The molecular weight excluding hydrogens is 294 g/mol. The molecule has 0 aliphatic heterocycles. The maximum atomic E-state index is 12.2. The summed E-state index contributed by atoms with van der Waals surface area (Å²) in [4.78, 5) is 5.13. The van der Waals surface area contributed by atoms with Crippen LogP contribution >= 0.6 is 11.3 Å². The predicted molar refractivity (Wildman–Crippen MR) is 81.5 cm³/mol. The van der Waals surface area contributed by atoms with Crippen molar-refractivity contribution < 1.29 is 8.42 Å². The molecule has 0 bridgehead atoms. The number of anilines is 1. The third kappa shape index (κ3) is 3.78. The lowest BCUT2D eigenvalue weighted by atomic mass is 10.4. The molecule has 2 heterocycles. The van der Waals surface area contributed by atoms with Gasteiger partial charge in [-0.3, -0.25) is 4.72 Å². The quantitative estimate of drug-likeness (QED) is 0.859. The molecule has 0 radical (unpaired) electrons. The van der Waals surface area contributed by atoms with Crippen LogP contribution in [0.25, 0.3) is 0 Å². The number of pyridine rings is 1. The summed E-state index contributed by atoms with van der Waals surface area (Å²) in [6.45, 7) is 5.36. The van der Waals surface area contributed by atoms with Gasteiger partial charge in [-0.1, -0.05) is 13.0 Å². The minimum atomic E-state index is -3.56. The zero-order valence-electron chi connectivity index (χ0n) is 11.4. The monoisotopic (exact) mass is 311 g/mol. The Kier molecular flexibility index (Phi) is 4.74. The molecule has 5 nitrogen and oxygen atoms in total. The van der Waals surface area contributed by atoms with Crippen molar-refractivity contribution in [2.24, 2.45) is 0 Å². The predicted octanol–water partition coefficient (Wildman–Crippen LogP) is 2.36. The fourth-order valence-corrected chi connectivity index (χ4v) is 3.96. The summed E-state index contributed by atoms with van der Waals surface area (Å²) in [6, 6.07) is 8.67.